The number of rotatable bonds is 5. The Hall–Kier alpha value is -1.88. The Kier molecular flexibility index (Phi) is 4.74. The molecular weight excluding hydrogens is 291 g/mol. The van der Waals surface area contributed by atoms with Crippen molar-refractivity contribution in [1.29, 1.82) is 0 Å². The fourth-order valence-corrected chi connectivity index (χ4v) is 1.97. The van der Waals surface area contributed by atoms with Gasteiger partial charge in [-0.05, 0) is 35.9 Å². The predicted octanol–water partition coefficient (Wildman–Crippen LogP) is 4.69. The van der Waals surface area contributed by atoms with Crippen molar-refractivity contribution < 1.29 is 17.9 Å². The third-order valence-corrected chi connectivity index (χ3v) is 2.73. The smallest absolute Gasteiger partial charge is 0.387 e. The quantitative estimate of drug-likeness (QED) is 0.865. The second kappa shape index (κ2) is 6.52. The lowest BCUT2D eigenvalue weighted by Gasteiger charge is -2.12. The van der Waals surface area contributed by atoms with Crippen molar-refractivity contribution in [2.75, 3.05) is 5.32 Å². The van der Waals surface area contributed by atoms with Crippen molar-refractivity contribution in [3.63, 3.8) is 0 Å². The Morgan fingerprint density at radius 2 is 1.90 bits per heavy atom. The Labute approximate surface area is 119 Å². The molecule has 0 saturated carbocycles. The molecule has 0 amide bonds. The average Bonchev–Trinajstić information content (AvgIpc) is 2.36. The fraction of sp³-hybridized carbons (Fsp3) is 0.143. The van der Waals surface area contributed by atoms with Crippen molar-refractivity contribution in [2.45, 2.75) is 13.2 Å². The van der Waals surface area contributed by atoms with Crippen LogP contribution >= 0.6 is 11.6 Å². The van der Waals surface area contributed by atoms with Gasteiger partial charge < -0.3 is 10.1 Å². The van der Waals surface area contributed by atoms with E-state index in [1.54, 1.807) is 24.3 Å². The number of hydrogen-bond donors (Lipinski definition) is 1. The predicted molar refractivity (Wildman–Crippen MR) is 71.8 cm³/mol. The van der Waals surface area contributed by atoms with Crippen LogP contribution in [0.5, 0.6) is 5.75 Å². The first-order chi connectivity index (χ1) is 9.54. The Morgan fingerprint density at radius 1 is 1.15 bits per heavy atom. The average molecular weight is 302 g/mol. The summed E-state index contributed by atoms with van der Waals surface area (Å²) in [4.78, 5) is 0. The normalized spacial score (nSPS) is 10.7. The van der Waals surface area contributed by atoms with E-state index in [1.807, 2.05) is 0 Å². The van der Waals surface area contributed by atoms with Crippen LogP contribution in [0.15, 0.2) is 42.5 Å². The van der Waals surface area contributed by atoms with E-state index in [2.05, 4.69) is 10.1 Å². The van der Waals surface area contributed by atoms with Gasteiger partial charge >= 0.3 is 6.61 Å². The van der Waals surface area contributed by atoms with Crippen LogP contribution in [0.3, 0.4) is 0 Å². The highest BCUT2D eigenvalue weighted by Crippen LogP contribution is 2.26. The summed E-state index contributed by atoms with van der Waals surface area (Å²) < 4.78 is 42.1. The maximum Gasteiger partial charge on any atom is 0.387 e. The molecule has 1 N–H and O–H groups in total. The van der Waals surface area contributed by atoms with Gasteiger partial charge in [0.05, 0.1) is 5.69 Å². The van der Waals surface area contributed by atoms with Gasteiger partial charge in [-0.15, -0.1) is 0 Å². The molecule has 0 bridgehead atoms. The van der Waals surface area contributed by atoms with Gasteiger partial charge in [0.15, 0.2) is 0 Å². The van der Waals surface area contributed by atoms with Gasteiger partial charge in [0.2, 0.25) is 0 Å². The van der Waals surface area contributed by atoms with Crippen molar-refractivity contribution in [3.05, 3.63) is 58.9 Å². The molecule has 0 aliphatic heterocycles. The molecule has 6 heteroatoms. The standard InChI is InChI=1S/C14H11ClF3NO/c15-10-5-9(6-11(16)7-10)8-19-12-3-1-2-4-13(12)20-14(17)18/h1-7,14,19H,8H2. The molecule has 0 atom stereocenters. The first-order valence-corrected chi connectivity index (χ1v) is 6.15. The fourth-order valence-electron chi connectivity index (χ4n) is 1.72. The lowest BCUT2D eigenvalue weighted by Crippen LogP contribution is -2.06. The van der Waals surface area contributed by atoms with Crippen LogP contribution in [-0.4, -0.2) is 6.61 Å². The van der Waals surface area contributed by atoms with Crippen LogP contribution in [0.2, 0.25) is 5.02 Å². The summed E-state index contributed by atoms with van der Waals surface area (Å²) in [5.41, 5.74) is 0.995. The lowest BCUT2D eigenvalue weighted by molar-refractivity contribution is -0.0493. The molecule has 0 radical (unpaired) electrons. The zero-order valence-corrected chi connectivity index (χ0v) is 11.0. The minimum Gasteiger partial charge on any atom is -0.433 e. The monoisotopic (exact) mass is 301 g/mol. The number of benzene rings is 2. The first-order valence-electron chi connectivity index (χ1n) is 5.77. The highest BCUT2D eigenvalue weighted by molar-refractivity contribution is 6.30. The summed E-state index contributed by atoms with van der Waals surface area (Å²) in [5, 5.41) is 3.18. The van der Waals surface area contributed by atoms with E-state index < -0.39 is 12.4 Å². The molecule has 0 saturated heterocycles. The third-order valence-electron chi connectivity index (χ3n) is 2.51. The Bertz CT molecular complexity index is 572. The number of anilines is 1. The van der Waals surface area contributed by atoms with Crippen molar-refractivity contribution in [3.8, 4) is 5.75 Å². The topological polar surface area (TPSA) is 21.3 Å². The maximum absolute atomic E-state index is 13.2. The van der Waals surface area contributed by atoms with Crippen LogP contribution in [0, 0.1) is 5.82 Å². The number of para-hydroxylation sites is 2. The molecule has 2 aromatic rings. The van der Waals surface area contributed by atoms with Gasteiger partial charge in [-0.1, -0.05) is 23.7 Å². The molecule has 20 heavy (non-hydrogen) atoms. The van der Waals surface area contributed by atoms with E-state index in [0.29, 0.717) is 11.3 Å². The summed E-state index contributed by atoms with van der Waals surface area (Å²) >= 11 is 5.74. The maximum atomic E-state index is 13.2. The van der Waals surface area contributed by atoms with Crippen LogP contribution in [0.25, 0.3) is 0 Å². The zero-order chi connectivity index (χ0) is 14.5. The van der Waals surface area contributed by atoms with E-state index >= 15 is 0 Å². The molecule has 0 aliphatic rings. The minimum absolute atomic E-state index is 0.0324. The Balaban J connectivity index is 2.10. The summed E-state index contributed by atoms with van der Waals surface area (Å²) in [6.45, 7) is -2.66. The minimum atomic E-state index is -2.90. The van der Waals surface area contributed by atoms with Gasteiger partial charge in [0.25, 0.3) is 0 Å². The van der Waals surface area contributed by atoms with E-state index in [4.69, 9.17) is 11.6 Å². The van der Waals surface area contributed by atoms with Crippen molar-refractivity contribution in [1.82, 2.24) is 0 Å². The lowest BCUT2D eigenvalue weighted by atomic mass is 10.2. The third kappa shape index (κ3) is 4.06. The van der Waals surface area contributed by atoms with Gasteiger partial charge in [-0.3, -0.25) is 0 Å². The number of hydrogen-bond acceptors (Lipinski definition) is 2. The number of nitrogens with one attached hydrogen (secondary N) is 1. The van der Waals surface area contributed by atoms with E-state index in [9.17, 15) is 13.2 Å². The SMILES string of the molecule is Fc1cc(Cl)cc(CNc2ccccc2OC(F)F)c1. The summed E-state index contributed by atoms with van der Waals surface area (Å²) in [5.74, 6) is -0.420. The van der Waals surface area contributed by atoms with Gasteiger partial charge in [0, 0.05) is 11.6 Å². The number of alkyl halides is 2. The highest BCUT2D eigenvalue weighted by atomic mass is 35.5. The van der Waals surface area contributed by atoms with E-state index in [1.165, 1.54) is 18.2 Å². The second-order valence-corrected chi connectivity index (χ2v) is 4.44. The summed E-state index contributed by atoms with van der Waals surface area (Å²) in [6, 6.07) is 10.4. The van der Waals surface area contributed by atoms with Gasteiger partial charge in [-0.25, -0.2) is 4.39 Å². The summed E-state index contributed by atoms with van der Waals surface area (Å²) in [7, 11) is 0. The highest BCUT2D eigenvalue weighted by Gasteiger charge is 2.09. The molecule has 0 fully saturated rings. The first kappa shape index (κ1) is 14.5. The second-order valence-electron chi connectivity index (χ2n) is 4.01. The number of ether oxygens (including phenoxy) is 1. The van der Waals surface area contributed by atoms with Gasteiger partial charge in [-0.2, -0.15) is 8.78 Å². The van der Waals surface area contributed by atoms with Crippen LogP contribution in [-0.2, 0) is 6.54 Å². The van der Waals surface area contributed by atoms with Gasteiger partial charge in [0.1, 0.15) is 11.6 Å². The Morgan fingerprint density at radius 3 is 2.60 bits per heavy atom. The number of halogens is 4. The molecular formula is C14H11ClF3NO. The molecule has 0 unspecified atom stereocenters. The molecule has 0 aliphatic carbocycles. The van der Waals surface area contributed by atoms with Crippen LogP contribution in [0.4, 0.5) is 18.9 Å². The van der Waals surface area contributed by atoms with Crippen LogP contribution < -0.4 is 10.1 Å². The molecule has 2 aromatic carbocycles. The summed E-state index contributed by atoms with van der Waals surface area (Å²) in [6.07, 6.45) is 0. The molecule has 2 nitrogen and oxygen atoms in total. The van der Waals surface area contributed by atoms with Crippen LogP contribution in [0.1, 0.15) is 5.56 Å². The zero-order valence-electron chi connectivity index (χ0n) is 10.2. The van der Waals surface area contributed by atoms with E-state index in [-0.39, 0.29) is 17.3 Å². The largest absolute Gasteiger partial charge is 0.433 e. The molecule has 0 aromatic heterocycles. The molecule has 0 spiro atoms. The van der Waals surface area contributed by atoms with Crippen molar-refractivity contribution >= 4 is 17.3 Å². The molecule has 0 heterocycles. The van der Waals surface area contributed by atoms with E-state index in [0.717, 1.165) is 0 Å². The van der Waals surface area contributed by atoms with Crippen molar-refractivity contribution in [2.24, 2.45) is 0 Å². The molecule has 2 rings (SSSR count). The molecule has 106 valence electrons.